The first-order valence-electron chi connectivity index (χ1n) is 6.51. The summed E-state index contributed by atoms with van der Waals surface area (Å²) in [5.41, 5.74) is 1.06. The minimum atomic E-state index is -3.30. The average Bonchev–Trinajstić information content (AvgIpc) is 2.39. The Bertz CT molecular complexity index is 515. The fourth-order valence-electron chi connectivity index (χ4n) is 2.98. The standard InChI is InChI=1S/C13H18N2O2S/c16-18(17)14-13(11-6-2-1-3-7-11)10-12-8-4-5-9-15(12)18/h1-3,6-7,12-14H,4-5,8-10H2/t12-,13-/m1/s1. The topological polar surface area (TPSA) is 49.4 Å². The minimum absolute atomic E-state index is 0.0736. The van der Waals surface area contributed by atoms with Gasteiger partial charge in [0.25, 0.3) is 10.2 Å². The number of rotatable bonds is 1. The Morgan fingerprint density at radius 3 is 2.72 bits per heavy atom. The normalized spacial score (nSPS) is 31.8. The largest absolute Gasteiger partial charge is 0.280 e. The zero-order valence-corrected chi connectivity index (χ0v) is 11.1. The van der Waals surface area contributed by atoms with Gasteiger partial charge in [0.1, 0.15) is 0 Å². The van der Waals surface area contributed by atoms with Gasteiger partial charge in [-0.1, -0.05) is 36.8 Å². The van der Waals surface area contributed by atoms with E-state index in [1.54, 1.807) is 4.31 Å². The van der Waals surface area contributed by atoms with Crippen LogP contribution < -0.4 is 4.72 Å². The van der Waals surface area contributed by atoms with Crippen LogP contribution in [0.15, 0.2) is 30.3 Å². The molecular formula is C13H18N2O2S. The van der Waals surface area contributed by atoms with Crippen molar-refractivity contribution in [3.63, 3.8) is 0 Å². The summed E-state index contributed by atoms with van der Waals surface area (Å²) in [5, 5.41) is 0. The third-order valence-corrected chi connectivity index (χ3v) is 5.56. The Labute approximate surface area is 108 Å². The Balaban J connectivity index is 1.88. The molecule has 0 unspecified atom stereocenters. The second-order valence-electron chi connectivity index (χ2n) is 5.08. The third kappa shape index (κ3) is 2.18. The second-order valence-corrected chi connectivity index (χ2v) is 6.74. The molecule has 0 radical (unpaired) electrons. The number of hydrogen-bond acceptors (Lipinski definition) is 2. The van der Waals surface area contributed by atoms with E-state index >= 15 is 0 Å². The fourth-order valence-corrected chi connectivity index (χ4v) is 4.66. The van der Waals surface area contributed by atoms with Crippen LogP contribution in [0.4, 0.5) is 0 Å². The van der Waals surface area contributed by atoms with Crippen LogP contribution in [0.5, 0.6) is 0 Å². The van der Waals surface area contributed by atoms with Gasteiger partial charge in [0, 0.05) is 18.6 Å². The van der Waals surface area contributed by atoms with Gasteiger partial charge >= 0.3 is 0 Å². The molecule has 1 aromatic carbocycles. The third-order valence-electron chi connectivity index (χ3n) is 3.88. The van der Waals surface area contributed by atoms with Crippen molar-refractivity contribution in [1.29, 1.82) is 0 Å². The minimum Gasteiger partial charge on any atom is -0.195 e. The molecule has 0 spiro atoms. The van der Waals surface area contributed by atoms with Crippen molar-refractivity contribution in [1.82, 2.24) is 9.03 Å². The molecule has 4 nitrogen and oxygen atoms in total. The van der Waals surface area contributed by atoms with E-state index in [-0.39, 0.29) is 12.1 Å². The summed E-state index contributed by atoms with van der Waals surface area (Å²) in [6.45, 7) is 0.668. The maximum Gasteiger partial charge on any atom is 0.280 e. The first-order chi connectivity index (χ1) is 8.67. The predicted octanol–water partition coefficient (Wildman–Crippen LogP) is 1.82. The van der Waals surface area contributed by atoms with Crippen LogP contribution in [-0.4, -0.2) is 25.3 Å². The molecule has 2 saturated heterocycles. The van der Waals surface area contributed by atoms with E-state index < -0.39 is 10.2 Å². The maximum absolute atomic E-state index is 12.2. The van der Waals surface area contributed by atoms with Gasteiger partial charge in [0.2, 0.25) is 0 Å². The maximum atomic E-state index is 12.2. The molecule has 2 aliphatic rings. The lowest BCUT2D eigenvalue weighted by Gasteiger charge is -2.41. The lowest BCUT2D eigenvalue weighted by Crippen LogP contribution is -2.55. The zero-order chi connectivity index (χ0) is 12.6. The molecule has 1 aromatic rings. The second kappa shape index (κ2) is 4.64. The predicted molar refractivity (Wildman–Crippen MR) is 70.2 cm³/mol. The van der Waals surface area contributed by atoms with E-state index in [1.807, 2.05) is 30.3 Å². The summed E-state index contributed by atoms with van der Waals surface area (Å²) in [5.74, 6) is 0. The van der Waals surface area contributed by atoms with Crippen LogP contribution in [0.1, 0.15) is 37.3 Å². The molecule has 0 amide bonds. The molecule has 2 atom stereocenters. The molecule has 0 aromatic heterocycles. The van der Waals surface area contributed by atoms with E-state index in [0.717, 1.165) is 31.2 Å². The average molecular weight is 266 g/mol. The first kappa shape index (κ1) is 12.1. The van der Waals surface area contributed by atoms with Gasteiger partial charge in [-0.15, -0.1) is 0 Å². The Morgan fingerprint density at radius 2 is 1.94 bits per heavy atom. The summed E-state index contributed by atoms with van der Waals surface area (Å²) in [7, 11) is -3.30. The van der Waals surface area contributed by atoms with Gasteiger partial charge in [-0.25, -0.2) is 0 Å². The molecule has 5 heteroatoms. The van der Waals surface area contributed by atoms with E-state index in [2.05, 4.69) is 4.72 Å². The van der Waals surface area contributed by atoms with Crippen LogP contribution in [0, 0.1) is 0 Å². The number of nitrogens with one attached hydrogen (secondary N) is 1. The number of fused-ring (bicyclic) bond motifs is 1. The van der Waals surface area contributed by atoms with Crippen LogP contribution in [0.25, 0.3) is 0 Å². The highest BCUT2D eigenvalue weighted by Crippen LogP contribution is 2.33. The lowest BCUT2D eigenvalue weighted by molar-refractivity contribution is 0.203. The molecule has 0 bridgehead atoms. The van der Waals surface area contributed by atoms with Crippen LogP contribution in [0.2, 0.25) is 0 Å². The molecule has 2 fully saturated rings. The number of nitrogens with zero attached hydrogens (tertiary/aromatic N) is 1. The Hall–Kier alpha value is -0.910. The van der Waals surface area contributed by atoms with Crippen molar-refractivity contribution in [3.8, 4) is 0 Å². The van der Waals surface area contributed by atoms with E-state index in [9.17, 15) is 8.42 Å². The van der Waals surface area contributed by atoms with Crippen molar-refractivity contribution in [2.24, 2.45) is 0 Å². The summed E-state index contributed by atoms with van der Waals surface area (Å²) in [4.78, 5) is 0. The molecule has 2 aliphatic heterocycles. The number of piperidine rings is 1. The molecular weight excluding hydrogens is 248 g/mol. The van der Waals surface area contributed by atoms with E-state index in [4.69, 9.17) is 0 Å². The summed E-state index contributed by atoms with van der Waals surface area (Å²) >= 11 is 0. The van der Waals surface area contributed by atoms with Crippen molar-refractivity contribution in [3.05, 3.63) is 35.9 Å². The van der Waals surface area contributed by atoms with Crippen molar-refractivity contribution in [2.45, 2.75) is 37.8 Å². The molecule has 0 saturated carbocycles. The van der Waals surface area contributed by atoms with Gasteiger partial charge in [-0.2, -0.15) is 17.4 Å². The highest BCUT2D eigenvalue weighted by atomic mass is 32.2. The molecule has 0 aliphatic carbocycles. The van der Waals surface area contributed by atoms with Gasteiger partial charge in [-0.05, 0) is 24.8 Å². The van der Waals surface area contributed by atoms with E-state index in [1.165, 1.54) is 0 Å². The summed E-state index contributed by atoms with van der Waals surface area (Å²) in [6, 6.07) is 9.95. The summed E-state index contributed by atoms with van der Waals surface area (Å²) in [6.07, 6.45) is 3.99. The summed E-state index contributed by atoms with van der Waals surface area (Å²) < 4.78 is 28.9. The van der Waals surface area contributed by atoms with E-state index in [0.29, 0.717) is 6.54 Å². The fraction of sp³-hybridized carbons (Fsp3) is 0.538. The van der Waals surface area contributed by atoms with Crippen LogP contribution in [0.3, 0.4) is 0 Å². The van der Waals surface area contributed by atoms with Crippen molar-refractivity contribution < 1.29 is 8.42 Å². The monoisotopic (exact) mass is 266 g/mol. The quantitative estimate of drug-likeness (QED) is 0.843. The van der Waals surface area contributed by atoms with Crippen LogP contribution in [-0.2, 0) is 10.2 Å². The van der Waals surface area contributed by atoms with Crippen molar-refractivity contribution >= 4 is 10.2 Å². The smallest absolute Gasteiger partial charge is 0.195 e. The molecule has 2 heterocycles. The van der Waals surface area contributed by atoms with Gasteiger partial charge in [0.15, 0.2) is 0 Å². The first-order valence-corrected chi connectivity index (χ1v) is 7.95. The highest BCUT2D eigenvalue weighted by molar-refractivity contribution is 7.87. The van der Waals surface area contributed by atoms with Crippen molar-refractivity contribution in [2.75, 3.05) is 6.54 Å². The van der Waals surface area contributed by atoms with Gasteiger partial charge < -0.3 is 0 Å². The number of hydrogen-bond donors (Lipinski definition) is 1. The molecule has 18 heavy (non-hydrogen) atoms. The lowest BCUT2D eigenvalue weighted by atomic mass is 9.94. The highest BCUT2D eigenvalue weighted by Gasteiger charge is 2.40. The molecule has 3 rings (SSSR count). The Morgan fingerprint density at radius 1 is 1.17 bits per heavy atom. The SMILES string of the molecule is O=S1(=O)N[C@@H](c2ccccc2)C[C@H]2CCCCN21. The van der Waals surface area contributed by atoms with Gasteiger partial charge in [-0.3, -0.25) is 0 Å². The number of benzene rings is 1. The van der Waals surface area contributed by atoms with Gasteiger partial charge in [0.05, 0.1) is 0 Å². The molecule has 1 N–H and O–H groups in total. The zero-order valence-electron chi connectivity index (χ0n) is 10.2. The Kier molecular flexibility index (Phi) is 3.13. The molecule has 98 valence electrons. The van der Waals surface area contributed by atoms with Crippen LogP contribution >= 0.6 is 0 Å².